The molecule has 3 aromatic rings. The molecule has 26 heavy (non-hydrogen) atoms. The van der Waals surface area contributed by atoms with Gasteiger partial charge in [-0.15, -0.1) is 5.10 Å². The SMILES string of the molecule is COc1ccc(CC(=O)Nc2nnc(-c3cc(C)oc3C)o2)cc1OC. The van der Waals surface area contributed by atoms with Crippen molar-refractivity contribution in [3.05, 3.63) is 41.3 Å². The minimum absolute atomic E-state index is 0.0312. The summed E-state index contributed by atoms with van der Waals surface area (Å²) >= 11 is 0. The van der Waals surface area contributed by atoms with E-state index in [-0.39, 0.29) is 18.3 Å². The zero-order valence-corrected chi connectivity index (χ0v) is 15.0. The predicted molar refractivity (Wildman–Crippen MR) is 93.4 cm³/mol. The van der Waals surface area contributed by atoms with Crippen LogP contribution in [0.2, 0.25) is 0 Å². The van der Waals surface area contributed by atoms with Crippen molar-refractivity contribution in [2.24, 2.45) is 0 Å². The number of aryl methyl sites for hydroxylation is 2. The molecule has 2 heterocycles. The van der Waals surface area contributed by atoms with Crippen LogP contribution in [0.15, 0.2) is 33.1 Å². The summed E-state index contributed by atoms with van der Waals surface area (Å²) in [4.78, 5) is 12.2. The van der Waals surface area contributed by atoms with Crippen LogP contribution in [-0.2, 0) is 11.2 Å². The molecular formula is C18H19N3O5. The van der Waals surface area contributed by atoms with Crippen molar-refractivity contribution in [1.82, 2.24) is 10.2 Å². The van der Waals surface area contributed by atoms with E-state index >= 15 is 0 Å². The zero-order valence-electron chi connectivity index (χ0n) is 15.0. The van der Waals surface area contributed by atoms with E-state index in [2.05, 4.69) is 15.5 Å². The van der Waals surface area contributed by atoms with E-state index in [1.54, 1.807) is 38.5 Å². The Morgan fingerprint density at radius 3 is 2.50 bits per heavy atom. The number of hydrogen-bond acceptors (Lipinski definition) is 7. The fourth-order valence-electron chi connectivity index (χ4n) is 2.57. The van der Waals surface area contributed by atoms with Crippen LogP contribution in [0.4, 0.5) is 6.01 Å². The lowest BCUT2D eigenvalue weighted by Crippen LogP contribution is -2.14. The maximum atomic E-state index is 12.2. The molecule has 0 bridgehead atoms. The van der Waals surface area contributed by atoms with Crippen LogP contribution in [0.25, 0.3) is 11.5 Å². The normalized spacial score (nSPS) is 10.6. The molecule has 1 N–H and O–H groups in total. The third kappa shape index (κ3) is 3.69. The number of benzene rings is 1. The Hall–Kier alpha value is -3.29. The highest BCUT2D eigenvalue weighted by molar-refractivity contribution is 5.90. The van der Waals surface area contributed by atoms with Gasteiger partial charge in [-0.2, -0.15) is 0 Å². The van der Waals surface area contributed by atoms with Crippen LogP contribution in [-0.4, -0.2) is 30.3 Å². The topological polar surface area (TPSA) is 99.6 Å². The molecule has 0 unspecified atom stereocenters. The summed E-state index contributed by atoms with van der Waals surface area (Å²) < 4.78 is 21.4. The lowest BCUT2D eigenvalue weighted by molar-refractivity contribution is -0.115. The smallest absolute Gasteiger partial charge is 0.322 e. The lowest BCUT2D eigenvalue weighted by Gasteiger charge is -2.09. The largest absolute Gasteiger partial charge is 0.493 e. The summed E-state index contributed by atoms with van der Waals surface area (Å²) in [5, 5.41) is 10.4. The number of anilines is 1. The van der Waals surface area contributed by atoms with E-state index in [1.165, 1.54) is 0 Å². The first-order valence-electron chi connectivity index (χ1n) is 7.92. The average Bonchev–Trinajstić information content (AvgIpc) is 3.20. The monoisotopic (exact) mass is 357 g/mol. The second-order valence-electron chi connectivity index (χ2n) is 5.65. The molecule has 8 heteroatoms. The number of hydrogen-bond donors (Lipinski definition) is 1. The summed E-state index contributed by atoms with van der Waals surface area (Å²) in [5.74, 6) is 2.59. The summed E-state index contributed by atoms with van der Waals surface area (Å²) in [6.45, 7) is 3.64. The van der Waals surface area contributed by atoms with Gasteiger partial charge in [-0.3, -0.25) is 10.1 Å². The first kappa shape index (κ1) is 17.5. The molecule has 3 rings (SSSR count). The maximum absolute atomic E-state index is 12.2. The number of furan rings is 1. The van der Waals surface area contributed by atoms with Crippen LogP contribution < -0.4 is 14.8 Å². The molecule has 8 nitrogen and oxygen atoms in total. The molecule has 0 aliphatic rings. The molecule has 0 aliphatic carbocycles. The fraction of sp³-hybridized carbons (Fsp3) is 0.278. The van der Waals surface area contributed by atoms with E-state index in [0.717, 1.165) is 11.3 Å². The Morgan fingerprint density at radius 2 is 1.85 bits per heavy atom. The second kappa shape index (κ2) is 7.30. The fourth-order valence-corrected chi connectivity index (χ4v) is 2.57. The summed E-state index contributed by atoms with van der Waals surface area (Å²) in [7, 11) is 3.10. The van der Waals surface area contributed by atoms with Crippen LogP contribution in [0.3, 0.4) is 0 Å². The van der Waals surface area contributed by atoms with Crippen molar-refractivity contribution in [1.29, 1.82) is 0 Å². The highest BCUT2D eigenvalue weighted by Gasteiger charge is 2.16. The standard InChI is InChI=1S/C18H19N3O5/c1-10-7-13(11(2)25-10)17-20-21-18(26-17)19-16(22)9-12-5-6-14(23-3)15(8-12)24-4/h5-8H,9H2,1-4H3,(H,19,21,22). The Kier molecular flexibility index (Phi) is 4.92. The molecule has 2 aromatic heterocycles. The quantitative estimate of drug-likeness (QED) is 0.723. The number of carbonyl (C=O) groups excluding carboxylic acids is 1. The molecule has 0 fully saturated rings. The van der Waals surface area contributed by atoms with Gasteiger partial charge in [0.1, 0.15) is 11.5 Å². The number of methoxy groups -OCH3 is 2. The van der Waals surface area contributed by atoms with Crippen LogP contribution in [0, 0.1) is 13.8 Å². The first-order chi connectivity index (χ1) is 12.5. The predicted octanol–water partition coefficient (Wildman–Crippen LogP) is 3.14. The summed E-state index contributed by atoms with van der Waals surface area (Å²) in [5.41, 5.74) is 1.47. The van der Waals surface area contributed by atoms with Gasteiger partial charge in [0.05, 0.1) is 26.2 Å². The van der Waals surface area contributed by atoms with Crippen molar-refractivity contribution in [3.63, 3.8) is 0 Å². The third-order valence-corrected chi connectivity index (χ3v) is 3.76. The second-order valence-corrected chi connectivity index (χ2v) is 5.65. The van der Waals surface area contributed by atoms with Crippen LogP contribution in [0.5, 0.6) is 11.5 Å². The zero-order chi connectivity index (χ0) is 18.7. The Morgan fingerprint density at radius 1 is 1.08 bits per heavy atom. The van der Waals surface area contributed by atoms with E-state index in [0.29, 0.717) is 28.7 Å². The molecule has 0 aliphatic heterocycles. The minimum Gasteiger partial charge on any atom is -0.493 e. The third-order valence-electron chi connectivity index (χ3n) is 3.76. The van der Waals surface area contributed by atoms with Gasteiger partial charge in [0, 0.05) is 0 Å². The average molecular weight is 357 g/mol. The van der Waals surface area contributed by atoms with Gasteiger partial charge in [-0.25, -0.2) is 0 Å². The number of amides is 1. The Bertz CT molecular complexity index is 929. The summed E-state index contributed by atoms with van der Waals surface area (Å²) in [6.07, 6.45) is 0.127. The van der Waals surface area contributed by atoms with E-state index < -0.39 is 0 Å². The maximum Gasteiger partial charge on any atom is 0.322 e. The Balaban J connectivity index is 1.68. The highest BCUT2D eigenvalue weighted by atomic mass is 16.5. The van der Waals surface area contributed by atoms with Crippen molar-refractivity contribution >= 4 is 11.9 Å². The van der Waals surface area contributed by atoms with Gasteiger partial charge in [0.2, 0.25) is 5.91 Å². The van der Waals surface area contributed by atoms with Gasteiger partial charge in [0.15, 0.2) is 11.5 Å². The van der Waals surface area contributed by atoms with E-state index in [1.807, 2.05) is 13.8 Å². The van der Waals surface area contributed by atoms with Crippen LogP contribution in [0.1, 0.15) is 17.1 Å². The summed E-state index contributed by atoms with van der Waals surface area (Å²) in [6, 6.07) is 7.12. The van der Waals surface area contributed by atoms with E-state index in [4.69, 9.17) is 18.3 Å². The number of aromatic nitrogens is 2. The van der Waals surface area contributed by atoms with Crippen molar-refractivity contribution < 1.29 is 23.1 Å². The van der Waals surface area contributed by atoms with Crippen molar-refractivity contribution in [2.45, 2.75) is 20.3 Å². The number of rotatable bonds is 6. The van der Waals surface area contributed by atoms with Gasteiger partial charge < -0.3 is 18.3 Å². The van der Waals surface area contributed by atoms with Gasteiger partial charge in [-0.05, 0) is 37.6 Å². The van der Waals surface area contributed by atoms with E-state index in [9.17, 15) is 4.79 Å². The van der Waals surface area contributed by atoms with Crippen LogP contribution >= 0.6 is 0 Å². The molecule has 0 atom stereocenters. The Labute approximate surface area is 150 Å². The number of ether oxygens (including phenoxy) is 2. The number of nitrogens with one attached hydrogen (secondary N) is 1. The lowest BCUT2D eigenvalue weighted by atomic mass is 10.1. The molecule has 1 amide bonds. The minimum atomic E-state index is -0.285. The van der Waals surface area contributed by atoms with Gasteiger partial charge >= 0.3 is 6.01 Å². The molecular weight excluding hydrogens is 338 g/mol. The molecule has 0 saturated carbocycles. The molecule has 136 valence electrons. The molecule has 0 spiro atoms. The van der Waals surface area contributed by atoms with Gasteiger partial charge in [0.25, 0.3) is 5.89 Å². The highest BCUT2D eigenvalue weighted by Crippen LogP contribution is 2.28. The molecule has 1 aromatic carbocycles. The van der Waals surface area contributed by atoms with Gasteiger partial charge in [-0.1, -0.05) is 11.2 Å². The molecule has 0 saturated heterocycles. The van der Waals surface area contributed by atoms with Crippen molar-refractivity contribution in [3.8, 4) is 23.0 Å². The number of carbonyl (C=O) groups is 1. The number of nitrogens with zero attached hydrogens (tertiary/aromatic N) is 2. The first-order valence-corrected chi connectivity index (χ1v) is 7.92. The molecule has 0 radical (unpaired) electrons. The van der Waals surface area contributed by atoms with Crippen molar-refractivity contribution in [2.75, 3.05) is 19.5 Å².